The van der Waals surface area contributed by atoms with Crippen LogP contribution in [-0.4, -0.2) is 46.1 Å². The van der Waals surface area contributed by atoms with Gasteiger partial charge in [-0.05, 0) is 0 Å². The molecule has 0 aromatic rings. The van der Waals surface area contributed by atoms with Crippen LogP contribution in [0.15, 0.2) is 0 Å². The molecule has 40 valence electrons. The van der Waals surface area contributed by atoms with Gasteiger partial charge in [0.05, 0.1) is 0 Å². The topological polar surface area (TPSA) is 85.5 Å². The van der Waals surface area contributed by atoms with Crippen LogP contribution >= 0.6 is 0 Å². The molecular formula is H4Hf2La2Mg2O3. The summed E-state index contributed by atoms with van der Waals surface area (Å²) >= 11 is 0. The standard InChI is InChI=1S/2Hf.2La.2Mg.3O.4H/q;;2*+3;2*+2;3*-2;4*-1. The van der Waals surface area contributed by atoms with E-state index in [0.29, 0.717) is 0 Å². The molecule has 0 N–H and O–H groups in total. The van der Waals surface area contributed by atoms with Crippen molar-refractivity contribution < 1.29 is 145 Å². The van der Waals surface area contributed by atoms with Crippen molar-refractivity contribution in [2.75, 3.05) is 0 Å². The molecule has 3 nitrogen and oxygen atoms in total. The third-order valence-electron chi connectivity index (χ3n) is 0. The molecule has 0 amide bonds. The molecule has 0 aliphatic carbocycles. The first-order valence-corrected chi connectivity index (χ1v) is 0. The Bertz CT molecular complexity index is 29.4. The maximum atomic E-state index is 0. The van der Waals surface area contributed by atoms with E-state index in [-0.39, 0.29) is 191 Å². The molecule has 0 spiro atoms. The molecule has 0 bridgehead atoms. The van der Waals surface area contributed by atoms with Crippen molar-refractivity contribution in [2.24, 2.45) is 0 Å². The normalized spacial score (nSPS) is 0. The van der Waals surface area contributed by atoms with E-state index in [4.69, 9.17) is 0 Å². The smallest absolute Gasteiger partial charge is 2.00 e. The van der Waals surface area contributed by atoms with Crippen LogP contribution in [0.3, 0.4) is 0 Å². The van der Waals surface area contributed by atoms with Crippen LogP contribution in [0.25, 0.3) is 0 Å². The van der Waals surface area contributed by atoms with E-state index in [1.807, 2.05) is 0 Å². The van der Waals surface area contributed by atoms with Crippen molar-refractivity contribution >= 4 is 46.1 Å². The van der Waals surface area contributed by atoms with Crippen molar-refractivity contribution in [1.82, 2.24) is 0 Å². The van der Waals surface area contributed by atoms with Crippen LogP contribution in [0.2, 0.25) is 0 Å². The van der Waals surface area contributed by atoms with Crippen molar-refractivity contribution in [3.8, 4) is 0 Å². The third-order valence-corrected chi connectivity index (χ3v) is 0. The Kier molecular flexibility index (Phi) is 669. The monoisotopic (exact) mass is 738 g/mol. The zero-order valence-electron chi connectivity index (χ0n) is 8.79. The van der Waals surface area contributed by atoms with Gasteiger partial charge in [-0.1, -0.05) is 0 Å². The fourth-order valence-corrected chi connectivity index (χ4v) is 0. The Morgan fingerprint density at radius 3 is 0.556 bits per heavy atom. The van der Waals surface area contributed by atoms with Gasteiger partial charge in [0, 0.05) is 51.7 Å². The van der Waals surface area contributed by atoms with Crippen LogP contribution in [0.1, 0.15) is 5.71 Å². The first kappa shape index (κ1) is 86.8. The summed E-state index contributed by atoms with van der Waals surface area (Å²) in [6.45, 7) is 0. The number of hydrogen-bond donors (Lipinski definition) is 0. The van der Waals surface area contributed by atoms with Crippen molar-refractivity contribution in [2.45, 2.75) is 0 Å². The Hall–Kier alpha value is 5.54. The minimum absolute atomic E-state index is 0. The molecule has 0 saturated heterocycles. The summed E-state index contributed by atoms with van der Waals surface area (Å²) in [4.78, 5) is 0. The van der Waals surface area contributed by atoms with Gasteiger partial charge in [0.2, 0.25) is 0 Å². The Morgan fingerprint density at radius 1 is 0.556 bits per heavy atom. The van der Waals surface area contributed by atoms with Crippen molar-refractivity contribution in [3.05, 3.63) is 0 Å². The van der Waals surface area contributed by atoms with E-state index in [2.05, 4.69) is 0 Å². The van der Waals surface area contributed by atoms with Gasteiger partial charge in [-0.25, -0.2) is 0 Å². The minimum atomic E-state index is 0. The van der Waals surface area contributed by atoms with Gasteiger partial charge in [-0.15, -0.1) is 0 Å². The zero-order chi connectivity index (χ0) is 0. The third kappa shape index (κ3) is 58.7. The van der Waals surface area contributed by atoms with Crippen LogP contribution in [-0.2, 0) is 68.1 Å². The molecule has 0 heterocycles. The molecule has 0 radical (unpaired) electrons. The summed E-state index contributed by atoms with van der Waals surface area (Å²) < 4.78 is 0. The predicted octanol–water partition coefficient (Wildman–Crippen LogP) is -0.673. The first-order chi connectivity index (χ1) is 0. The van der Waals surface area contributed by atoms with Gasteiger partial charge < -0.3 is 22.1 Å². The Labute approximate surface area is 186 Å². The van der Waals surface area contributed by atoms with Gasteiger partial charge in [0.15, 0.2) is 0 Å². The molecule has 0 rings (SSSR count). The van der Waals surface area contributed by atoms with Crippen molar-refractivity contribution in [1.29, 1.82) is 0 Å². The van der Waals surface area contributed by atoms with Crippen LogP contribution in [0.5, 0.6) is 0 Å². The molecule has 0 saturated carbocycles. The summed E-state index contributed by atoms with van der Waals surface area (Å²) in [6.07, 6.45) is 0. The van der Waals surface area contributed by atoms with E-state index < -0.39 is 0 Å². The zero-order valence-corrected chi connectivity index (χ0v) is 22.1. The first-order valence-electron chi connectivity index (χ1n) is 0. The van der Waals surface area contributed by atoms with Crippen LogP contribution < -0.4 is 0 Å². The Balaban J connectivity index is 0. The summed E-state index contributed by atoms with van der Waals surface area (Å²) in [7, 11) is 0. The largest absolute Gasteiger partial charge is 3.00 e. The fraction of sp³-hybridized carbons (Fsp3) is 0. The van der Waals surface area contributed by atoms with Gasteiger partial charge in [0.1, 0.15) is 0 Å². The molecule has 9 heavy (non-hydrogen) atoms. The van der Waals surface area contributed by atoms with Gasteiger partial charge >= 0.3 is 117 Å². The Morgan fingerprint density at radius 2 is 0.556 bits per heavy atom. The second kappa shape index (κ2) is 69.4. The number of hydrogen-bond acceptors (Lipinski definition) is 0. The molecule has 0 fully saturated rings. The quantitative estimate of drug-likeness (QED) is 0.296. The molecule has 0 aromatic heterocycles. The van der Waals surface area contributed by atoms with E-state index in [9.17, 15) is 0 Å². The SMILES string of the molecule is [H-].[H-].[H-].[H-].[Hf].[Hf].[La+3].[La+3].[Mg+2].[Mg+2].[O-2].[O-2].[O-2]. The van der Waals surface area contributed by atoms with Gasteiger partial charge in [0.25, 0.3) is 0 Å². The maximum Gasteiger partial charge on any atom is 3.00 e. The van der Waals surface area contributed by atoms with Gasteiger partial charge in [-0.3, -0.25) is 0 Å². The molecule has 0 atom stereocenters. The maximum absolute atomic E-state index is 0. The van der Waals surface area contributed by atoms with Gasteiger partial charge in [-0.2, -0.15) is 0 Å². The summed E-state index contributed by atoms with van der Waals surface area (Å²) in [5.41, 5.74) is 0. The summed E-state index contributed by atoms with van der Waals surface area (Å²) in [5, 5.41) is 0. The molecule has 0 aromatic carbocycles. The molecule has 0 aliphatic heterocycles. The fourth-order valence-electron chi connectivity index (χ4n) is 0. The van der Waals surface area contributed by atoms with E-state index >= 15 is 0 Å². The van der Waals surface area contributed by atoms with Crippen LogP contribution in [0.4, 0.5) is 0 Å². The van der Waals surface area contributed by atoms with Crippen LogP contribution in [0, 0.1) is 71.2 Å². The second-order valence-corrected chi connectivity index (χ2v) is 0. The molecule has 9 heteroatoms. The second-order valence-electron chi connectivity index (χ2n) is 0. The summed E-state index contributed by atoms with van der Waals surface area (Å²) in [6, 6.07) is 0. The summed E-state index contributed by atoms with van der Waals surface area (Å²) in [5.74, 6) is 0. The van der Waals surface area contributed by atoms with Crippen molar-refractivity contribution in [3.63, 3.8) is 0 Å². The molecule has 0 aliphatic rings. The number of rotatable bonds is 0. The molecular weight excluding hydrogens is 731 g/mol. The van der Waals surface area contributed by atoms with E-state index in [1.54, 1.807) is 0 Å². The predicted molar refractivity (Wildman–Crippen MR) is 18.0 cm³/mol. The average molecular weight is 735 g/mol. The minimum Gasteiger partial charge on any atom is -2.00 e. The molecule has 0 unspecified atom stereocenters. The van der Waals surface area contributed by atoms with E-state index in [0.717, 1.165) is 0 Å². The average Bonchev–Trinajstić information content (AvgIpc) is 0. The van der Waals surface area contributed by atoms with E-state index in [1.165, 1.54) is 0 Å².